The molecule has 0 saturated carbocycles. The molecule has 0 aliphatic carbocycles. The smallest absolute Gasteiger partial charge is 0.0139 e. The molecule has 0 spiro atoms. The van der Waals surface area contributed by atoms with E-state index in [1.165, 1.54) is 5.57 Å². The topological polar surface area (TPSA) is 0 Å². The third kappa shape index (κ3) is 2.69. The van der Waals surface area contributed by atoms with E-state index in [0.29, 0.717) is 0 Å². The van der Waals surface area contributed by atoms with Crippen molar-refractivity contribution in [3.63, 3.8) is 0 Å². The molecule has 0 radical (unpaired) electrons. The molecule has 1 heteroatoms. The van der Waals surface area contributed by atoms with Crippen LogP contribution >= 0.6 is 11.6 Å². The third-order valence-electron chi connectivity index (χ3n) is 1.12. The van der Waals surface area contributed by atoms with Gasteiger partial charge in [-0.3, -0.25) is 0 Å². The van der Waals surface area contributed by atoms with Crippen LogP contribution in [-0.4, -0.2) is 0 Å². The molecule has 0 atom stereocenters. The van der Waals surface area contributed by atoms with Crippen LogP contribution < -0.4 is 0 Å². The second kappa shape index (κ2) is 3.09. The van der Waals surface area contributed by atoms with Gasteiger partial charge in [0.1, 0.15) is 0 Å². The molecule has 0 aliphatic heterocycles. The highest BCUT2D eigenvalue weighted by Crippen LogP contribution is 2.09. The van der Waals surface area contributed by atoms with E-state index < -0.39 is 0 Å². The largest absolute Gasteiger partial charge is 0.0895 e. The van der Waals surface area contributed by atoms with Gasteiger partial charge in [0.05, 0.1) is 0 Å². The molecule has 7 heavy (non-hydrogen) atoms. The Morgan fingerprint density at radius 2 is 1.86 bits per heavy atom. The number of hydrogen-bond donors (Lipinski definition) is 0. The van der Waals surface area contributed by atoms with Crippen LogP contribution in [0.1, 0.15) is 27.2 Å². The van der Waals surface area contributed by atoms with Crippen molar-refractivity contribution in [1.29, 1.82) is 0 Å². The minimum Gasteiger partial charge on any atom is -0.0895 e. The van der Waals surface area contributed by atoms with E-state index in [-0.39, 0.29) is 0 Å². The van der Waals surface area contributed by atoms with Crippen LogP contribution in [-0.2, 0) is 0 Å². The Labute approximate surface area is 50.2 Å². The minimum atomic E-state index is 0.933. The van der Waals surface area contributed by atoms with E-state index in [1.807, 2.05) is 13.8 Å². The SMILES string of the molecule is CC/C(C)=C(\C)Cl. The van der Waals surface area contributed by atoms with Crippen LogP contribution in [0, 0.1) is 0 Å². The molecule has 0 rings (SSSR count). The van der Waals surface area contributed by atoms with E-state index >= 15 is 0 Å². The van der Waals surface area contributed by atoms with Crippen molar-refractivity contribution in [3.8, 4) is 0 Å². The Morgan fingerprint density at radius 3 is 1.86 bits per heavy atom. The molecule has 0 heterocycles. The molecule has 0 aromatic heterocycles. The lowest BCUT2D eigenvalue weighted by atomic mass is 10.2. The zero-order valence-corrected chi connectivity index (χ0v) is 5.84. The van der Waals surface area contributed by atoms with Crippen molar-refractivity contribution in [3.05, 3.63) is 10.6 Å². The normalized spacial score (nSPS) is 13.7. The average molecular weight is 119 g/mol. The molecule has 0 nitrogen and oxygen atoms in total. The molecule has 0 saturated heterocycles. The van der Waals surface area contributed by atoms with Gasteiger partial charge in [-0.1, -0.05) is 24.1 Å². The van der Waals surface area contributed by atoms with E-state index in [2.05, 4.69) is 6.92 Å². The van der Waals surface area contributed by atoms with Crippen LogP contribution in [0.15, 0.2) is 10.6 Å². The van der Waals surface area contributed by atoms with E-state index in [1.54, 1.807) is 0 Å². The Hall–Kier alpha value is 0.0300. The van der Waals surface area contributed by atoms with Crippen LogP contribution in [0.25, 0.3) is 0 Å². The maximum atomic E-state index is 5.61. The van der Waals surface area contributed by atoms with Crippen molar-refractivity contribution in [1.82, 2.24) is 0 Å². The zero-order valence-electron chi connectivity index (χ0n) is 5.09. The van der Waals surface area contributed by atoms with Crippen LogP contribution in [0.3, 0.4) is 0 Å². The highest BCUT2D eigenvalue weighted by Gasteiger charge is 1.85. The maximum absolute atomic E-state index is 5.61. The Kier molecular flexibility index (Phi) is 3.10. The Bertz CT molecular complexity index is 78.2. The minimum absolute atomic E-state index is 0.933. The summed E-state index contributed by atoms with van der Waals surface area (Å²) < 4.78 is 0. The Balaban J connectivity index is 3.72. The summed E-state index contributed by atoms with van der Waals surface area (Å²) in [5.41, 5.74) is 1.28. The van der Waals surface area contributed by atoms with Crippen molar-refractivity contribution >= 4 is 11.6 Å². The fraction of sp³-hybridized carbons (Fsp3) is 0.667. The van der Waals surface area contributed by atoms with Crippen LogP contribution in [0.4, 0.5) is 0 Å². The summed E-state index contributed by atoms with van der Waals surface area (Å²) >= 11 is 5.61. The first-order valence-electron chi connectivity index (χ1n) is 2.50. The van der Waals surface area contributed by atoms with Gasteiger partial charge in [-0.2, -0.15) is 0 Å². The monoisotopic (exact) mass is 118 g/mol. The van der Waals surface area contributed by atoms with E-state index in [4.69, 9.17) is 11.6 Å². The predicted octanol–water partition coefficient (Wildman–Crippen LogP) is 2.93. The number of rotatable bonds is 1. The standard InChI is InChI=1S/C6H11Cl/c1-4-5(2)6(3)7/h4H2,1-3H3/b6-5+. The highest BCUT2D eigenvalue weighted by atomic mass is 35.5. The summed E-state index contributed by atoms with van der Waals surface area (Å²) in [5, 5.41) is 0.933. The maximum Gasteiger partial charge on any atom is 0.0139 e. The molecule has 0 aliphatic rings. The second-order valence-electron chi connectivity index (χ2n) is 1.67. The first kappa shape index (κ1) is 7.03. The number of allylic oxidation sites excluding steroid dienone is 2. The molecule has 0 fully saturated rings. The zero-order chi connectivity index (χ0) is 5.86. The molecule has 42 valence electrons. The van der Waals surface area contributed by atoms with Gasteiger partial charge in [0.2, 0.25) is 0 Å². The predicted molar refractivity (Wildman–Crippen MR) is 34.5 cm³/mol. The van der Waals surface area contributed by atoms with Gasteiger partial charge in [-0.05, 0) is 20.3 Å². The molecule has 0 N–H and O–H groups in total. The lowest BCUT2D eigenvalue weighted by molar-refractivity contribution is 1.08. The van der Waals surface area contributed by atoms with E-state index in [9.17, 15) is 0 Å². The quantitative estimate of drug-likeness (QED) is 0.497. The summed E-state index contributed by atoms with van der Waals surface area (Å²) in [6.07, 6.45) is 1.06. The molecule has 0 aromatic carbocycles. The Morgan fingerprint density at radius 1 is 1.43 bits per heavy atom. The van der Waals surface area contributed by atoms with Crippen molar-refractivity contribution in [2.24, 2.45) is 0 Å². The third-order valence-corrected chi connectivity index (χ3v) is 1.44. The number of hydrogen-bond acceptors (Lipinski definition) is 0. The van der Waals surface area contributed by atoms with Gasteiger partial charge in [0.15, 0.2) is 0 Å². The first-order valence-corrected chi connectivity index (χ1v) is 2.88. The van der Waals surface area contributed by atoms with Gasteiger partial charge in [-0.25, -0.2) is 0 Å². The van der Waals surface area contributed by atoms with Crippen molar-refractivity contribution < 1.29 is 0 Å². The fourth-order valence-corrected chi connectivity index (χ4v) is 0.377. The van der Waals surface area contributed by atoms with Crippen molar-refractivity contribution in [2.45, 2.75) is 27.2 Å². The first-order chi connectivity index (χ1) is 3.18. The second-order valence-corrected chi connectivity index (χ2v) is 2.23. The number of halogens is 1. The lowest BCUT2D eigenvalue weighted by Crippen LogP contribution is -1.70. The van der Waals surface area contributed by atoms with Gasteiger partial charge >= 0.3 is 0 Å². The van der Waals surface area contributed by atoms with Gasteiger partial charge in [0.25, 0.3) is 0 Å². The van der Waals surface area contributed by atoms with Gasteiger partial charge < -0.3 is 0 Å². The van der Waals surface area contributed by atoms with Crippen molar-refractivity contribution in [2.75, 3.05) is 0 Å². The van der Waals surface area contributed by atoms with E-state index in [0.717, 1.165) is 11.5 Å². The molecular weight excluding hydrogens is 108 g/mol. The molecule has 0 unspecified atom stereocenters. The molecule has 0 amide bonds. The van der Waals surface area contributed by atoms with Crippen LogP contribution in [0.2, 0.25) is 0 Å². The fourth-order valence-electron chi connectivity index (χ4n) is 0.244. The summed E-state index contributed by atoms with van der Waals surface area (Å²) in [7, 11) is 0. The highest BCUT2D eigenvalue weighted by molar-refractivity contribution is 6.29. The summed E-state index contributed by atoms with van der Waals surface area (Å²) in [5.74, 6) is 0. The van der Waals surface area contributed by atoms with Gasteiger partial charge in [0, 0.05) is 5.03 Å². The molecule has 0 bridgehead atoms. The molecule has 0 aromatic rings. The summed E-state index contributed by atoms with van der Waals surface area (Å²) in [6, 6.07) is 0. The molecular formula is C6H11Cl. The summed E-state index contributed by atoms with van der Waals surface area (Å²) in [4.78, 5) is 0. The average Bonchev–Trinajstić information content (AvgIpc) is 1.65. The lowest BCUT2D eigenvalue weighted by Gasteiger charge is -1.92. The van der Waals surface area contributed by atoms with Gasteiger partial charge in [-0.15, -0.1) is 0 Å². The summed E-state index contributed by atoms with van der Waals surface area (Å²) in [6.45, 7) is 6.06. The van der Waals surface area contributed by atoms with Crippen LogP contribution in [0.5, 0.6) is 0 Å².